The first-order chi connectivity index (χ1) is 9.08. The van der Waals surface area contributed by atoms with Gasteiger partial charge in [0.05, 0.1) is 0 Å². The molecule has 0 aliphatic rings. The van der Waals surface area contributed by atoms with E-state index in [1.807, 2.05) is 24.3 Å². The molecule has 0 spiro atoms. The van der Waals surface area contributed by atoms with E-state index in [-0.39, 0.29) is 5.91 Å². The van der Waals surface area contributed by atoms with Crippen LogP contribution >= 0.6 is 0 Å². The predicted molar refractivity (Wildman–Crippen MR) is 76.1 cm³/mol. The summed E-state index contributed by atoms with van der Waals surface area (Å²) >= 11 is 0. The number of hydrogen-bond acceptors (Lipinski definition) is 3. The number of carbonyl (C=O) groups excluding carboxylic acids is 2. The number of amides is 3. The Balaban J connectivity index is 2.68. The average Bonchev–Trinajstić information content (AvgIpc) is 2.41. The summed E-state index contributed by atoms with van der Waals surface area (Å²) < 4.78 is 0. The average molecular weight is 263 g/mol. The summed E-state index contributed by atoms with van der Waals surface area (Å²) in [7, 11) is 1.47. The minimum absolute atomic E-state index is 0.356. The summed E-state index contributed by atoms with van der Waals surface area (Å²) in [5.41, 5.74) is 2.11. The lowest BCUT2D eigenvalue weighted by atomic mass is 10.1. The van der Waals surface area contributed by atoms with Crippen LogP contribution in [-0.4, -0.2) is 25.0 Å². The number of para-hydroxylation sites is 1. The van der Waals surface area contributed by atoms with E-state index in [1.165, 1.54) is 12.6 Å². The van der Waals surface area contributed by atoms with Gasteiger partial charge >= 0.3 is 6.03 Å². The number of hydrogen-bond donors (Lipinski definition) is 3. The highest BCUT2D eigenvalue weighted by Crippen LogP contribution is 2.17. The fraction of sp³-hybridized carbons (Fsp3) is 0.429. The Morgan fingerprint density at radius 3 is 2.58 bits per heavy atom. The second-order valence-electron chi connectivity index (χ2n) is 4.34. The zero-order valence-corrected chi connectivity index (χ0v) is 11.6. The van der Waals surface area contributed by atoms with Crippen molar-refractivity contribution in [3.63, 3.8) is 0 Å². The van der Waals surface area contributed by atoms with Crippen molar-refractivity contribution < 1.29 is 9.59 Å². The molecule has 1 rings (SSSR count). The molecule has 0 saturated carbocycles. The van der Waals surface area contributed by atoms with Crippen LogP contribution in [0.5, 0.6) is 0 Å². The lowest BCUT2D eigenvalue weighted by molar-refractivity contribution is -0.120. The van der Waals surface area contributed by atoms with Crippen molar-refractivity contribution in [2.45, 2.75) is 32.7 Å². The summed E-state index contributed by atoms with van der Waals surface area (Å²) in [6, 6.07) is 6.90. The van der Waals surface area contributed by atoms with Crippen LogP contribution in [0.3, 0.4) is 0 Å². The maximum atomic E-state index is 11.8. The van der Waals surface area contributed by atoms with Crippen molar-refractivity contribution in [2.75, 3.05) is 12.4 Å². The molecule has 1 unspecified atom stereocenters. The third-order valence-corrected chi connectivity index (χ3v) is 2.77. The number of carbonyl (C=O) groups is 2. The molecule has 0 saturated heterocycles. The van der Waals surface area contributed by atoms with Crippen molar-refractivity contribution in [3.8, 4) is 0 Å². The Labute approximate surface area is 113 Å². The molecule has 1 aromatic carbocycles. The van der Waals surface area contributed by atoms with E-state index < -0.39 is 12.1 Å². The molecular formula is C14H21N3O2. The summed E-state index contributed by atoms with van der Waals surface area (Å²) in [5.74, 6) is -0.356. The van der Waals surface area contributed by atoms with Gasteiger partial charge in [-0.3, -0.25) is 10.1 Å². The summed E-state index contributed by atoms with van der Waals surface area (Å²) in [4.78, 5) is 22.8. The number of urea groups is 1. The van der Waals surface area contributed by atoms with Gasteiger partial charge in [-0.25, -0.2) is 4.79 Å². The lowest BCUT2D eigenvalue weighted by Crippen LogP contribution is -2.44. The quantitative estimate of drug-likeness (QED) is 0.760. The molecule has 3 N–H and O–H groups in total. The first-order valence-corrected chi connectivity index (χ1v) is 6.45. The predicted octanol–water partition coefficient (Wildman–Crippen LogP) is 1.90. The highest BCUT2D eigenvalue weighted by Gasteiger charge is 2.15. The van der Waals surface area contributed by atoms with Crippen molar-refractivity contribution in [3.05, 3.63) is 29.8 Å². The Kier molecular flexibility index (Phi) is 5.85. The number of aryl methyl sites for hydroxylation is 1. The van der Waals surface area contributed by atoms with E-state index in [9.17, 15) is 9.59 Å². The van der Waals surface area contributed by atoms with Crippen LogP contribution in [-0.2, 0) is 11.2 Å². The third kappa shape index (κ3) is 4.62. The second kappa shape index (κ2) is 7.41. The first-order valence-electron chi connectivity index (χ1n) is 6.45. The van der Waals surface area contributed by atoms with E-state index in [2.05, 4.69) is 22.9 Å². The minimum atomic E-state index is -0.500. The van der Waals surface area contributed by atoms with E-state index in [0.29, 0.717) is 0 Å². The van der Waals surface area contributed by atoms with Crippen LogP contribution in [0.15, 0.2) is 24.3 Å². The van der Waals surface area contributed by atoms with Gasteiger partial charge in [-0.2, -0.15) is 0 Å². The molecule has 1 aromatic rings. The Hall–Kier alpha value is -2.04. The number of benzene rings is 1. The number of imide groups is 1. The van der Waals surface area contributed by atoms with Crippen molar-refractivity contribution in [1.29, 1.82) is 0 Å². The van der Waals surface area contributed by atoms with E-state index >= 15 is 0 Å². The first kappa shape index (κ1) is 15.0. The van der Waals surface area contributed by atoms with Crippen molar-refractivity contribution in [2.24, 2.45) is 0 Å². The SMILES string of the molecule is CCCc1ccccc1NC(C)C(=O)NC(=O)NC. The van der Waals surface area contributed by atoms with Gasteiger partial charge in [-0.05, 0) is 25.0 Å². The zero-order chi connectivity index (χ0) is 14.3. The maximum Gasteiger partial charge on any atom is 0.321 e. The monoisotopic (exact) mass is 263 g/mol. The molecular weight excluding hydrogens is 242 g/mol. The molecule has 0 radical (unpaired) electrons. The molecule has 0 aromatic heterocycles. The molecule has 3 amide bonds. The molecule has 0 aliphatic carbocycles. The topological polar surface area (TPSA) is 70.2 Å². The lowest BCUT2D eigenvalue weighted by Gasteiger charge is -2.17. The smallest absolute Gasteiger partial charge is 0.321 e. The molecule has 0 heterocycles. The van der Waals surface area contributed by atoms with E-state index in [4.69, 9.17) is 0 Å². The van der Waals surface area contributed by atoms with Crippen LogP contribution < -0.4 is 16.0 Å². The Morgan fingerprint density at radius 1 is 1.26 bits per heavy atom. The minimum Gasteiger partial charge on any atom is -0.374 e. The number of anilines is 1. The molecule has 5 nitrogen and oxygen atoms in total. The fourth-order valence-electron chi connectivity index (χ4n) is 1.73. The van der Waals surface area contributed by atoms with E-state index in [1.54, 1.807) is 6.92 Å². The van der Waals surface area contributed by atoms with Gasteiger partial charge in [0.1, 0.15) is 6.04 Å². The largest absolute Gasteiger partial charge is 0.374 e. The zero-order valence-electron chi connectivity index (χ0n) is 11.6. The van der Waals surface area contributed by atoms with Crippen LogP contribution in [0.1, 0.15) is 25.8 Å². The number of nitrogens with one attached hydrogen (secondary N) is 3. The van der Waals surface area contributed by atoms with Crippen molar-refractivity contribution >= 4 is 17.6 Å². The molecule has 0 bridgehead atoms. The second-order valence-corrected chi connectivity index (χ2v) is 4.34. The van der Waals surface area contributed by atoms with Crippen LogP contribution in [0.25, 0.3) is 0 Å². The van der Waals surface area contributed by atoms with Gasteiger partial charge in [-0.15, -0.1) is 0 Å². The number of rotatable bonds is 5. The summed E-state index contributed by atoms with van der Waals surface area (Å²) in [6.07, 6.45) is 1.99. The van der Waals surface area contributed by atoms with Gasteiger partial charge < -0.3 is 10.6 Å². The van der Waals surface area contributed by atoms with E-state index in [0.717, 1.165) is 18.5 Å². The highest BCUT2D eigenvalue weighted by atomic mass is 16.2. The van der Waals surface area contributed by atoms with Crippen LogP contribution in [0, 0.1) is 0 Å². The normalized spacial score (nSPS) is 11.5. The van der Waals surface area contributed by atoms with Crippen LogP contribution in [0.2, 0.25) is 0 Å². The molecule has 0 aliphatic heterocycles. The molecule has 5 heteroatoms. The third-order valence-electron chi connectivity index (χ3n) is 2.77. The molecule has 0 fully saturated rings. The molecule has 104 valence electrons. The fourth-order valence-corrected chi connectivity index (χ4v) is 1.73. The van der Waals surface area contributed by atoms with Crippen LogP contribution in [0.4, 0.5) is 10.5 Å². The molecule has 1 atom stereocenters. The maximum absolute atomic E-state index is 11.8. The van der Waals surface area contributed by atoms with Gasteiger partial charge in [0, 0.05) is 12.7 Å². The van der Waals surface area contributed by atoms with Gasteiger partial charge in [0.2, 0.25) is 5.91 Å². The molecule has 19 heavy (non-hydrogen) atoms. The van der Waals surface area contributed by atoms with Gasteiger partial charge in [-0.1, -0.05) is 31.5 Å². The van der Waals surface area contributed by atoms with Gasteiger partial charge in [0.25, 0.3) is 0 Å². The van der Waals surface area contributed by atoms with Crippen molar-refractivity contribution in [1.82, 2.24) is 10.6 Å². The summed E-state index contributed by atoms with van der Waals surface area (Å²) in [6.45, 7) is 3.83. The van der Waals surface area contributed by atoms with Gasteiger partial charge in [0.15, 0.2) is 0 Å². The standard InChI is InChI=1S/C14H21N3O2/c1-4-7-11-8-5-6-9-12(11)16-10(2)13(18)17-14(19)15-3/h5-6,8-10,16H,4,7H2,1-3H3,(H2,15,17,18,19). The Bertz CT molecular complexity index is 446. The Morgan fingerprint density at radius 2 is 1.95 bits per heavy atom. The highest BCUT2D eigenvalue weighted by molar-refractivity contribution is 5.97. The summed E-state index contributed by atoms with van der Waals surface area (Å²) in [5, 5.41) is 7.73.